The Morgan fingerprint density at radius 1 is 1.40 bits per heavy atom. The van der Waals surface area contributed by atoms with Gasteiger partial charge in [-0.15, -0.1) is 11.3 Å². The van der Waals surface area contributed by atoms with Crippen molar-refractivity contribution in [3.8, 4) is 0 Å². The van der Waals surface area contributed by atoms with Crippen LogP contribution in [0.2, 0.25) is 0 Å². The summed E-state index contributed by atoms with van der Waals surface area (Å²) in [5.74, 6) is 0. The molecule has 0 fully saturated rings. The predicted molar refractivity (Wildman–Crippen MR) is 42.2 cm³/mol. The first-order valence-electron chi connectivity index (χ1n) is 3.02. The Labute approximate surface area is 62.6 Å². The molecule has 0 radical (unpaired) electrons. The van der Waals surface area contributed by atoms with Gasteiger partial charge in [-0.05, 0) is 13.0 Å². The molecule has 0 aromatic carbocycles. The molecule has 0 amide bonds. The molecule has 0 saturated carbocycles. The lowest BCUT2D eigenvalue weighted by Crippen LogP contribution is -1.77. The van der Waals surface area contributed by atoms with E-state index in [1.165, 1.54) is 0 Å². The lowest BCUT2D eigenvalue weighted by Gasteiger charge is -1.87. The van der Waals surface area contributed by atoms with Crippen LogP contribution in [-0.4, -0.2) is 9.97 Å². The van der Waals surface area contributed by atoms with Gasteiger partial charge in [-0.25, -0.2) is 4.98 Å². The Bertz CT molecular complexity index is 353. The molecular formula is C7H6N2S. The molecule has 2 aromatic rings. The van der Waals surface area contributed by atoms with Crippen molar-refractivity contribution in [1.29, 1.82) is 0 Å². The largest absolute Gasteiger partial charge is 0.260 e. The van der Waals surface area contributed by atoms with Crippen LogP contribution in [0, 0.1) is 6.92 Å². The molecule has 0 bridgehead atoms. The summed E-state index contributed by atoms with van der Waals surface area (Å²) in [4.78, 5) is 8.31. The fourth-order valence-corrected chi connectivity index (χ4v) is 1.49. The lowest BCUT2D eigenvalue weighted by molar-refractivity contribution is 1.22. The van der Waals surface area contributed by atoms with Crippen molar-refractivity contribution < 1.29 is 0 Å². The summed E-state index contributed by atoms with van der Waals surface area (Å²) < 4.78 is 1.16. The summed E-state index contributed by atoms with van der Waals surface area (Å²) in [7, 11) is 0. The van der Waals surface area contributed by atoms with Crippen LogP contribution in [-0.2, 0) is 0 Å². The lowest BCUT2D eigenvalue weighted by atomic mass is 10.4. The fourth-order valence-electron chi connectivity index (χ4n) is 0.864. The molecule has 0 N–H and O–H groups in total. The zero-order chi connectivity index (χ0) is 6.97. The van der Waals surface area contributed by atoms with E-state index in [0.717, 1.165) is 15.9 Å². The van der Waals surface area contributed by atoms with Crippen LogP contribution in [0.25, 0.3) is 10.2 Å². The molecule has 2 heterocycles. The molecule has 2 rings (SSSR count). The van der Waals surface area contributed by atoms with Crippen LogP contribution in [0.1, 0.15) is 5.69 Å². The number of nitrogens with zero attached hydrogens (tertiary/aromatic N) is 2. The smallest absolute Gasteiger partial charge is 0.0845 e. The number of hydrogen-bond acceptors (Lipinski definition) is 3. The van der Waals surface area contributed by atoms with E-state index in [9.17, 15) is 0 Å². The maximum Gasteiger partial charge on any atom is 0.0845 e. The molecule has 0 spiro atoms. The Balaban J connectivity index is 2.86. The monoisotopic (exact) mass is 150 g/mol. The Morgan fingerprint density at radius 2 is 2.30 bits per heavy atom. The number of hydrogen-bond donors (Lipinski definition) is 0. The number of pyridine rings is 1. The van der Waals surface area contributed by atoms with Crippen molar-refractivity contribution in [1.82, 2.24) is 9.97 Å². The summed E-state index contributed by atoms with van der Waals surface area (Å²) in [6.45, 7) is 1.97. The van der Waals surface area contributed by atoms with Crippen molar-refractivity contribution in [2.75, 3.05) is 0 Å². The van der Waals surface area contributed by atoms with E-state index in [4.69, 9.17) is 0 Å². The van der Waals surface area contributed by atoms with Crippen LogP contribution in [0.3, 0.4) is 0 Å². The Kier molecular flexibility index (Phi) is 1.17. The van der Waals surface area contributed by atoms with E-state index >= 15 is 0 Å². The van der Waals surface area contributed by atoms with Gasteiger partial charge < -0.3 is 0 Å². The van der Waals surface area contributed by atoms with E-state index in [1.54, 1.807) is 11.3 Å². The zero-order valence-corrected chi connectivity index (χ0v) is 6.35. The molecule has 50 valence electrons. The average molecular weight is 150 g/mol. The molecule has 0 aliphatic heterocycles. The van der Waals surface area contributed by atoms with Gasteiger partial charge in [0.2, 0.25) is 0 Å². The van der Waals surface area contributed by atoms with Gasteiger partial charge in [-0.3, -0.25) is 4.98 Å². The Morgan fingerprint density at radius 3 is 3.20 bits per heavy atom. The van der Waals surface area contributed by atoms with E-state index in [1.807, 2.05) is 24.7 Å². The second-order valence-corrected chi connectivity index (χ2v) is 3.03. The molecule has 0 unspecified atom stereocenters. The molecule has 10 heavy (non-hydrogen) atoms. The fraction of sp³-hybridized carbons (Fsp3) is 0.143. The summed E-state index contributed by atoms with van der Waals surface area (Å²) in [5, 5.41) is 0. The van der Waals surface area contributed by atoms with Gasteiger partial charge in [0.25, 0.3) is 0 Å². The van der Waals surface area contributed by atoms with E-state index in [-0.39, 0.29) is 0 Å². The third-order valence-corrected chi connectivity index (χ3v) is 2.13. The van der Waals surface area contributed by atoms with Gasteiger partial charge in [-0.1, -0.05) is 0 Å². The van der Waals surface area contributed by atoms with Crippen molar-refractivity contribution in [3.63, 3.8) is 0 Å². The maximum absolute atomic E-state index is 4.16. The zero-order valence-electron chi connectivity index (χ0n) is 5.53. The number of aromatic nitrogens is 2. The molecule has 2 aromatic heterocycles. The van der Waals surface area contributed by atoms with E-state index < -0.39 is 0 Å². The SMILES string of the molecule is Cc1cc2ncsc2cn1. The van der Waals surface area contributed by atoms with Crippen molar-refractivity contribution >= 4 is 21.6 Å². The van der Waals surface area contributed by atoms with Crippen LogP contribution < -0.4 is 0 Å². The second kappa shape index (κ2) is 2.02. The quantitative estimate of drug-likeness (QED) is 0.574. The van der Waals surface area contributed by atoms with Gasteiger partial charge >= 0.3 is 0 Å². The normalized spacial score (nSPS) is 10.5. The van der Waals surface area contributed by atoms with Gasteiger partial charge in [0.15, 0.2) is 0 Å². The molecule has 2 nitrogen and oxygen atoms in total. The van der Waals surface area contributed by atoms with E-state index in [0.29, 0.717) is 0 Å². The topological polar surface area (TPSA) is 25.8 Å². The van der Waals surface area contributed by atoms with Gasteiger partial charge in [0.1, 0.15) is 0 Å². The highest BCUT2D eigenvalue weighted by Crippen LogP contribution is 2.15. The molecule has 0 saturated heterocycles. The number of fused-ring (bicyclic) bond motifs is 1. The highest BCUT2D eigenvalue weighted by Gasteiger charge is 1.94. The van der Waals surface area contributed by atoms with Crippen molar-refractivity contribution in [2.24, 2.45) is 0 Å². The third kappa shape index (κ3) is 0.789. The standard InChI is InChI=1S/C7H6N2S/c1-5-2-6-7(3-8-5)10-4-9-6/h2-4H,1H3. The van der Waals surface area contributed by atoms with Crippen molar-refractivity contribution in [2.45, 2.75) is 6.92 Å². The van der Waals surface area contributed by atoms with Crippen LogP contribution in [0.4, 0.5) is 0 Å². The maximum atomic E-state index is 4.16. The van der Waals surface area contributed by atoms with Gasteiger partial charge in [-0.2, -0.15) is 0 Å². The van der Waals surface area contributed by atoms with Crippen LogP contribution in [0.5, 0.6) is 0 Å². The predicted octanol–water partition coefficient (Wildman–Crippen LogP) is 2.00. The first kappa shape index (κ1) is 5.80. The van der Waals surface area contributed by atoms with Gasteiger partial charge in [0, 0.05) is 11.9 Å². The number of aryl methyl sites for hydroxylation is 1. The first-order chi connectivity index (χ1) is 4.86. The number of rotatable bonds is 0. The Hall–Kier alpha value is -0.960. The minimum Gasteiger partial charge on any atom is -0.260 e. The molecular weight excluding hydrogens is 144 g/mol. The minimum absolute atomic E-state index is 1.03. The summed E-state index contributed by atoms with van der Waals surface area (Å²) in [6, 6.07) is 1.99. The second-order valence-electron chi connectivity index (χ2n) is 2.15. The number of thiazole rings is 1. The van der Waals surface area contributed by atoms with Gasteiger partial charge in [0.05, 0.1) is 15.7 Å². The minimum atomic E-state index is 1.03. The molecule has 0 aliphatic rings. The summed E-state index contributed by atoms with van der Waals surface area (Å²) >= 11 is 1.62. The average Bonchev–Trinajstić information content (AvgIpc) is 2.33. The molecule has 0 aliphatic carbocycles. The highest BCUT2D eigenvalue weighted by atomic mass is 32.1. The summed E-state index contributed by atoms with van der Waals surface area (Å²) in [6.07, 6.45) is 1.86. The molecule has 3 heteroatoms. The van der Waals surface area contributed by atoms with Crippen LogP contribution >= 0.6 is 11.3 Å². The molecule has 0 atom stereocenters. The third-order valence-electron chi connectivity index (χ3n) is 1.35. The van der Waals surface area contributed by atoms with Crippen molar-refractivity contribution in [3.05, 3.63) is 23.5 Å². The highest BCUT2D eigenvalue weighted by molar-refractivity contribution is 7.16. The first-order valence-corrected chi connectivity index (χ1v) is 3.90. The summed E-state index contributed by atoms with van der Waals surface area (Å²) in [5.41, 5.74) is 3.92. The van der Waals surface area contributed by atoms with Crippen LogP contribution in [0.15, 0.2) is 17.8 Å². The van der Waals surface area contributed by atoms with E-state index in [2.05, 4.69) is 9.97 Å².